The molecule has 3 aromatic carbocycles. The van der Waals surface area contributed by atoms with Crippen LogP contribution >= 0.6 is 12.2 Å². The molecule has 1 aromatic heterocycles. The van der Waals surface area contributed by atoms with Crippen LogP contribution in [0.25, 0.3) is 12.2 Å². The number of aromatic carboxylic acids is 1. The van der Waals surface area contributed by atoms with Gasteiger partial charge in [-0.1, -0.05) is 98.4 Å². The number of nitrogens with one attached hydrogen (secondary N) is 1. The van der Waals surface area contributed by atoms with Crippen molar-refractivity contribution in [3.63, 3.8) is 0 Å². The molecule has 1 heterocycles. The number of carboxylic acids is 1. The molecular formula is C31H28N2O3S. The van der Waals surface area contributed by atoms with Crippen LogP contribution in [0.2, 0.25) is 0 Å². The molecule has 6 heteroatoms. The van der Waals surface area contributed by atoms with E-state index in [2.05, 4.69) is 48.3 Å². The molecule has 37 heavy (non-hydrogen) atoms. The molecule has 5 rings (SSSR count). The van der Waals surface area contributed by atoms with Gasteiger partial charge in [-0.3, -0.25) is 9.55 Å². The zero-order valence-corrected chi connectivity index (χ0v) is 21.4. The fraction of sp³-hybridized carbons (Fsp3) is 0.194. The van der Waals surface area contributed by atoms with Gasteiger partial charge >= 0.3 is 11.7 Å². The SMILES string of the molecule is CCCCc1ccc(Cn2cc(C3c4ccccc4C=Cc4ccccc43)c(=S)[nH]c2=O)cc1C(=O)O. The summed E-state index contributed by atoms with van der Waals surface area (Å²) >= 11 is 5.69. The van der Waals surface area contributed by atoms with Gasteiger partial charge < -0.3 is 5.11 Å². The van der Waals surface area contributed by atoms with Crippen molar-refractivity contribution in [1.82, 2.24) is 9.55 Å². The van der Waals surface area contributed by atoms with E-state index in [1.165, 1.54) is 0 Å². The number of hydrogen-bond acceptors (Lipinski definition) is 3. The van der Waals surface area contributed by atoms with Crippen LogP contribution in [0.4, 0.5) is 0 Å². The standard InChI is InChI=1S/C31H28N2O3S/c1-2-3-8-23-14-13-20(17-26(23)30(34)35)18-33-19-27(29(37)32-31(33)36)28-24-11-6-4-9-21(24)15-16-22-10-5-7-12-25(22)28/h4-7,9-17,19,28H,2-3,8,18H2,1H3,(H,34,35)(H,32,36,37). The summed E-state index contributed by atoms with van der Waals surface area (Å²) in [7, 11) is 0. The normalized spacial score (nSPS) is 12.6. The Morgan fingerprint density at radius 2 is 1.62 bits per heavy atom. The second-order valence-corrected chi connectivity index (χ2v) is 9.80. The quantitative estimate of drug-likeness (QED) is 0.241. The molecule has 1 aliphatic rings. The third-order valence-electron chi connectivity index (χ3n) is 6.96. The smallest absolute Gasteiger partial charge is 0.335 e. The molecule has 0 saturated heterocycles. The van der Waals surface area contributed by atoms with Crippen molar-refractivity contribution in [3.05, 3.63) is 133 Å². The van der Waals surface area contributed by atoms with Crippen molar-refractivity contribution < 1.29 is 9.90 Å². The average molecular weight is 509 g/mol. The minimum Gasteiger partial charge on any atom is -0.478 e. The van der Waals surface area contributed by atoms with Crippen LogP contribution in [0.15, 0.2) is 77.7 Å². The first-order valence-electron chi connectivity index (χ1n) is 12.5. The largest absolute Gasteiger partial charge is 0.478 e. The number of aryl methyl sites for hydroxylation is 1. The van der Waals surface area contributed by atoms with Gasteiger partial charge in [0, 0.05) is 17.7 Å². The number of carboxylic acid groups (broad SMARTS) is 1. The summed E-state index contributed by atoms with van der Waals surface area (Å²) in [5, 5.41) is 9.78. The predicted octanol–water partition coefficient (Wildman–Crippen LogP) is 6.66. The lowest BCUT2D eigenvalue weighted by atomic mass is 9.83. The topological polar surface area (TPSA) is 75.1 Å². The molecule has 5 nitrogen and oxygen atoms in total. The highest BCUT2D eigenvalue weighted by atomic mass is 32.1. The lowest BCUT2D eigenvalue weighted by Crippen LogP contribution is -2.25. The van der Waals surface area contributed by atoms with Crippen molar-refractivity contribution in [2.24, 2.45) is 0 Å². The van der Waals surface area contributed by atoms with Crippen LogP contribution in [-0.4, -0.2) is 20.6 Å². The van der Waals surface area contributed by atoms with E-state index in [1.807, 2.05) is 42.6 Å². The highest BCUT2D eigenvalue weighted by Gasteiger charge is 2.25. The maximum absolute atomic E-state index is 13.0. The van der Waals surface area contributed by atoms with Crippen LogP contribution in [0.3, 0.4) is 0 Å². The van der Waals surface area contributed by atoms with Gasteiger partial charge in [-0.2, -0.15) is 0 Å². The lowest BCUT2D eigenvalue weighted by molar-refractivity contribution is 0.0695. The fourth-order valence-electron chi connectivity index (χ4n) is 5.09. The van der Waals surface area contributed by atoms with Crippen molar-refractivity contribution in [3.8, 4) is 0 Å². The van der Waals surface area contributed by atoms with Gasteiger partial charge in [-0.25, -0.2) is 9.59 Å². The molecule has 0 unspecified atom stereocenters. The second kappa shape index (κ2) is 10.5. The third kappa shape index (κ3) is 4.98. The minimum atomic E-state index is -0.951. The molecule has 0 saturated carbocycles. The Morgan fingerprint density at radius 1 is 0.973 bits per heavy atom. The second-order valence-electron chi connectivity index (χ2n) is 9.40. The Morgan fingerprint density at radius 3 is 2.24 bits per heavy atom. The van der Waals surface area contributed by atoms with E-state index in [0.717, 1.165) is 58.2 Å². The summed E-state index contributed by atoms with van der Waals surface area (Å²) in [5.74, 6) is -1.11. The van der Waals surface area contributed by atoms with Crippen molar-refractivity contribution in [2.45, 2.75) is 38.6 Å². The highest BCUT2D eigenvalue weighted by molar-refractivity contribution is 7.71. The number of aromatic nitrogens is 2. The summed E-state index contributed by atoms with van der Waals surface area (Å²) in [5.41, 5.74) is 6.79. The summed E-state index contributed by atoms with van der Waals surface area (Å²) in [4.78, 5) is 27.8. The van der Waals surface area contributed by atoms with Crippen molar-refractivity contribution in [1.29, 1.82) is 0 Å². The molecule has 0 spiro atoms. The number of hydrogen-bond donors (Lipinski definition) is 2. The van der Waals surface area contributed by atoms with E-state index in [4.69, 9.17) is 12.2 Å². The molecule has 0 fully saturated rings. The van der Waals surface area contributed by atoms with Crippen LogP contribution in [0.5, 0.6) is 0 Å². The van der Waals surface area contributed by atoms with Crippen molar-refractivity contribution in [2.75, 3.05) is 0 Å². The highest BCUT2D eigenvalue weighted by Crippen LogP contribution is 2.39. The zero-order valence-electron chi connectivity index (χ0n) is 20.6. The number of benzene rings is 3. The van der Waals surface area contributed by atoms with E-state index >= 15 is 0 Å². The van der Waals surface area contributed by atoms with Crippen LogP contribution in [0.1, 0.15) is 75.0 Å². The summed E-state index contributed by atoms with van der Waals surface area (Å²) in [6.45, 7) is 2.32. The first kappa shape index (κ1) is 24.7. The number of nitrogens with zero attached hydrogens (tertiary/aromatic N) is 1. The summed E-state index contributed by atoms with van der Waals surface area (Å²) in [6, 6.07) is 21.9. The average Bonchev–Trinajstić information content (AvgIpc) is 3.06. The first-order valence-corrected chi connectivity index (χ1v) is 12.9. The molecule has 0 atom stereocenters. The molecule has 0 amide bonds. The maximum Gasteiger partial charge on any atom is 0.335 e. The Labute approximate surface area is 220 Å². The van der Waals surface area contributed by atoms with E-state index in [0.29, 0.717) is 10.2 Å². The number of H-pyrrole nitrogens is 1. The Kier molecular flexibility index (Phi) is 7.01. The van der Waals surface area contributed by atoms with E-state index < -0.39 is 5.97 Å². The van der Waals surface area contributed by atoms with Gasteiger partial charge in [0.1, 0.15) is 4.64 Å². The number of carbonyl (C=O) groups is 1. The lowest BCUT2D eigenvalue weighted by Gasteiger charge is -2.22. The molecular weight excluding hydrogens is 480 g/mol. The van der Waals surface area contributed by atoms with Crippen LogP contribution < -0.4 is 5.69 Å². The molecule has 4 aromatic rings. The van der Waals surface area contributed by atoms with E-state index in [1.54, 1.807) is 10.6 Å². The molecule has 0 radical (unpaired) electrons. The molecule has 1 aliphatic carbocycles. The minimum absolute atomic E-state index is 0.163. The monoisotopic (exact) mass is 508 g/mol. The summed E-state index contributed by atoms with van der Waals surface area (Å²) < 4.78 is 1.99. The van der Waals surface area contributed by atoms with Gasteiger partial charge in [0.05, 0.1) is 12.1 Å². The molecule has 0 aliphatic heterocycles. The van der Waals surface area contributed by atoms with Gasteiger partial charge in [-0.05, 0) is 52.3 Å². The predicted molar refractivity (Wildman–Crippen MR) is 150 cm³/mol. The van der Waals surface area contributed by atoms with Crippen LogP contribution in [0, 0.1) is 4.64 Å². The number of fused-ring (bicyclic) bond motifs is 2. The van der Waals surface area contributed by atoms with Crippen LogP contribution in [-0.2, 0) is 13.0 Å². The molecule has 0 bridgehead atoms. The fourth-order valence-corrected chi connectivity index (χ4v) is 5.34. The van der Waals surface area contributed by atoms with Gasteiger partial charge in [0.2, 0.25) is 0 Å². The van der Waals surface area contributed by atoms with Gasteiger partial charge in [-0.15, -0.1) is 0 Å². The van der Waals surface area contributed by atoms with Crippen molar-refractivity contribution >= 4 is 30.3 Å². The summed E-state index contributed by atoms with van der Waals surface area (Å²) in [6.07, 6.45) is 8.70. The first-order chi connectivity index (χ1) is 18.0. The Hall–Kier alpha value is -4.03. The van der Waals surface area contributed by atoms with Gasteiger partial charge in [0.15, 0.2) is 0 Å². The van der Waals surface area contributed by atoms with E-state index in [-0.39, 0.29) is 18.2 Å². The third-order valence-corrected chi connectivity index (χ3v) is 7.30. The van der Waals surface area contributed by atoms with Gasteiger partial charge in [0.25, 0.3) is 0 Å². The molecule has 2 N–H and O–H groups in total. The maximum atomic E-state index is 13.0. The Balaban J connectivity index is 1.61. The number of unbranched alkanes of at least 4 members (excludes halogenated alkanes) is 1. The molecule has 186 valence electrons. The number of rotatable bonds is 7. The van der Waals surface area contributed by atoms with E-state index in [9.17, 15) is 14.7 Å². The number of aromatic amines is 1. The Bertz CT molecular complexity index is 1580. The zero-order chi connectivity index (χ0) is 25.9.